The highest BCUT2D eigenvalue weighted by Gasteiger charge is 2.20. The average Bonchev–Trinajstić information content (AvgIpc) is 2.27. The van der Waals surface area contributed by atoms with E-state index in [1.807, 2.05) is 24.3 Å². The zero-order valence-electron chi connectivity index (χ0n) is 9.02. The third kappa shape index (κ3) is 2.94. The molecule has 1 aromatic rings. The molecule has 0 aliphatic heterocycles. The molecule has 0 spiro atoms. The first-order valence-corrected chi connectivity index (χ1v) is 5.62. The van der Waals surface area contributed by atoms with Crippen molar-refractivity contribution in [3.63, 3.8) is 0 Å². The minimum Gasteiger partial charge on any atom is -0.389 e. The normalized spacial score (nSPS) is 15.3. The van der Waals surface area contributed by atoms with Gasteiger partial charge in [0.1, 0.15) is 6.10 Å². The van der Waals surface area contributed by atoms with E-state index >= 15 is 0 Å². The summed E-state index contributed by atoms with van der Waals surface area (Å²) in [6.45, 7) is 4.11. The van der Waals surface area contributed by atoms with Crippen LogP contribution in [0.15, 0.2) is 24.3 Å². The number of hydrogen-bond acceptors (Lipinski definition) is 2. The monoisotopic (exact) mass is 228 g/mol. The molecule has 0 amide bonds. The third-order valence-corrected chi connectivity index (χ3v) is 2.78. The van der Waals surface area contributed by atoms with Crippen LogP contribution in [0.1, 0.15) is 37.0 Å². The molecule has 1 aromatic carbocycles. The van der Waals surface area contributed by atoms with Crippen molar-refractivity contribution in [2.45, 2.75) is 32.0 Å². The van der Waals surface area contributed by atoms with Gasteiger partial charge >= 0.3 is 0 Å². The topological polar surface area (TPSA) is 40.5 Å². The van der Waals surface area contributed by atoms with Gasteiger partial charge in [-0.05, 0) is 17.0 Å². The van der Waals surface area contributed by atoms with E-state index in [4.69, 9.17) is 11.6 Å². The highest BCUT2D eigenvalue weighted by atomic mass is 35.5. The Labute approximate surface area is 95.5 Å². The molecule has 3 heteroatoms. The van der Waals surface area contributed by atoms with Gasteiger partial charge in [-0.2, -0.15) is 0 Å². The van der Waals surface area contributed by atoms with Crippen LogP contribution in [0.2, 0.25) is 0 Å². The maximum absolute atomic E-state index is 9.88. The van der Waals surface area contributed by atoms with Gasteiger partial charge in [0.15, 0.2) is 0 Å². The van der Waals surface area contributed by atoms with Crippen LogP contribution in [-0.2, 0) is 0 Å². The van der Waals surface area contributed by atoms with Crippen LogP contribution in [0, 0.1) is 0 Å². The SMILES string of the molecule is CC(C)c1ccccc1C(O)C(O)CCl. The molecule has 0 bridgehead atoms. The minimum atomic E-state index is -0.911. The fourth-order valence-corrected chi connectivity index (χ4v) is 1.77. The fourth-order valence-electron chi connectivity index (χ4n) is 1.60. The first-order chi connectivity index (χ1) is 7.07. The Morgan fingerprint density at radius 3 is 2.13 bits per heavy atom. The van der Waals surface area contributed by atoms with Crippen molar-refractivity contribution in [1.29, 1.82) is 0 Å². The lowest BCUT2D eigenvalue weighted by atomic mass is 9.92. The number of benzene rings is 1. The van der Waals surface area contributed by atoms with Crippen LogP contribution < -0.4 is 0 Å². The van der Waals surface area contributed by atoms with E-state index in [-0.39, 0.29) is 5.88 Å². The number of halogens is 1. The van der Waals surface area contributed by atoms with Crippen LogP contribution in [0.3, 0.4) is 0 Å². The molecule has 0 radical (unpaired) electrons. The first kappa shape index (κ1) is 12.5. The predicted molar refractivity (Wildman–Crippen MR) is 62.2 cm³/mol. The fraction of sp³-hybridized carbons (Fsp3) is 0.500. The molecule has 15 heavy (non-hydrogen) atoms. The number of alkyl halides is 1. The smallest absolute Gasteiger partial charge is 0.106 e. The van der Waals surface area contributed by atoms with Gasteiger partial charge in [-0.15, -0.1) is 11.6 Å². The van der Waals surface area contributed by atoms with Crippen LogP contribution >= 0.6 is 11.6 Å². The van der Waals surface area contributed by atoms with E-state index < -0.39 is 12.2 Å². The highest BCUT2D eigenvalue weighted by molar-refractivity contribution is 6.18. The van der Waals surface area contributed by atoms with Gasteiger partial charge in [-0.3, -0.25) is 0 Å². The lowest BCUT2D eigenvalue weighted by Gasteiger charge is -2.20. The Morgan fingerprint density at radius 2 is 1.67 bits per heavy atom. The summed E-state index contributed by atoms with van der Waals surface area (Å²) in [7, 11) is 0. The van der Waals surface area contributed by atoms with Gasteiger partial charge in [0.25, 0.3) is 0 Å². The highest BCUT2D eigenvalue weighted by Crippen LogP contribution is 2.27. The van der Waals surface area contributed by atoms with Gasteiger partial charge in [-0.25, -0.2) is 0 Å². The Hall–Kier alpha value is -0.570. The second-order valence-corrected chi connectivity index (χ2v) is 4.26. The van der Waals surface area contributed by atoms with Crippen molar-refractivity contribution < 1.29 is 10.2 Å². The van der Waals surface area contributed by atoms with Crippen molar-refractivity contribution in [2.75, 3.05) is 5.88 Å². The lowest BCUT2D eigenvalue weighted by molar-refractivity contribution is 0.0320. The molecule has 2 N–H and O–H groups in total. The lowest BCUT2D eigenvalue weighted by Crippen LogP contribution is -2.21. The molecule has 0 heterocycles. The van der Waals surface area contributed by atoms with E-state index in [0.29, 0.717) is 5.92 Å². The average molecular weight is 229 g/mol. The van der Waals surface area contributed by atoms with E-state index in [2.05, 4.69) is 13.8 Å². The second-order valence-electron chi connectivity index (χ2n) is 3.95. The van der Waals surface area contributed by atoms with E-state index in [1.54, 1.807) is 0 Å². The molecule has 1 rings (SSSR count). The number of aliphatic hydroxyl groups is 2. The molecular weight excluding hydrogens is 212 g/mol. The minimum absolute atomic E-state index is 0.0353. The Bertz CT molecular complexity index is 312. The van der Waals surface area contributed by atoms with Crippen molar-refractivity contribution in [3.8, 4) is 0 Å². The molecule has 2 atom stereocenters. The standard InChI is InChI=1S/C12H17ClO2/c1-8(2)9-5-3-4-6-10(9)12(15)11(14)7-13/h3-6,8,11-12,14-15H,7H2,1-2H3. The quantitative estimate of drug-likeness (QED) is 0.778. The number of rotatable bonds is 4. The molecule has 2 unspecified atom stereocenters. The number of aliphatic hydroxyl groups excluding tert-OH is 2. The maximum Gasteiger partial charge on any atom is 0.106 e. The van der Waals surface area contributed by atoms with Crippen molar-refractivity contribution >= 4 is 11.6 Å². The molecule has 84 valence electrons. The van der Waals surface area contributed by atoms with E-state index in [0.717, 1.165) is 11.1 Å². The van der Waals surface area contributed by atoms with Crippen LogP contribution in [0.4, 0.5) is 0 Å². The van der Waals surface area contributed by atoms with Gasteiger partial charge in [0.05, 0.1) is 12.0 Å². The summed E-state index contributed by atoms with van der Waals surface area (Å²) in [5, 5.41) is 19.4. The maximum atomic E-state index is 9.88. The summed E-state index contributed by atoms with van der Waals surface area (Å²) < 4.78 is 0. The summed E-state index contributed by atoms with van der Waals surface area (Å²) in [4.78, 5) is 0. The van der Waals surface area contributed by atoms with E-state index in [9.17, 15) is 10.2 Å². The van der Waals surface area contributed by atoms with Crippen molar-refractivity contribution in [3.05, 3.63) is 35.4 Å². The van der Waals surface area contributed by atoms with Crippen LogP contribution in [-0.4, -0.2) is 22.2 Å². The van der Waals surface area contributed by atoms with Gasteiger partial charge < -0.3 is 10.2 Å². The molecule has 0 saturated carbocycles. The van der Waals surface area contributed by atoms with Crippen LogP contribution in [0.25, 0.3) is 0 Å². The van der Waals surface area contributed by atoms with Gasteiger partial charge in [0, 0.05) is 0 Å². The summed E-state index contributed by atoms with van der Waals surface area (Å²) in [5.74, 6) is 0.353. The zero-order chi connectivity index (χ0) is 11.4. The molecule has 0 aromatic heterocycles. The Morgan fingerprint density at radius 1 is 1.13 bits per heavy atom. The first-order valence-electron chi connectivity index (χ1n) is 5.08. The summed E-state index contributed by atoms with van der Waals surface area (Å²) in [5.41, 5.74) is 1.81. The largest absolute Gasteiger partial charge is 0.389 e. The second kappa shape index (κ2) is 5.50. The predicted octanol–water partition coefficient (Wildman–Crippen LogP) is 2.44. The van der Waals surface area contributed by atoms with Gasteiger partial charge in [0.2, 0.25) is 0 Å². The third-order valence-electron chi connectivity index (χ3n) is 2.46. The molecule has 0 fully saturated rings. The Kier molecular flexibility index (Phi) is 4.58. The van der Waals surface area contributed by atoms with Crippen LogP contribution in [0.5, 0.6) is 0 Å². The summed E-state index contributed by atoms with van der Waals surface area (Å²) in [6.07, 6.45) is -1.81. The van der Waals surface area contributed by atoms with E-state index in [1.165, 1.54) is 0 Å². The Balaban J connectivity index is 3.02. The molecule has 0 saturated heterocycles. The number of hydrogen-bond donors (Lipinski definition) is 2. The summed E-state index contributed by atoms with van der Waals surface area (Å²) >= 11 is 5.52. The van der Waals surface area contributed by atoms with Gasteiger partial charge in [-0.1, -0.05) is 38.1 Å². The van der Waals surface area contributed by atoms with Crippen molar-refractivity contribution in [2.24, 2.45) is 0 Å². The molecule has 2 nitrogen and oxygen atoms in total. The zero-order valence-corrected chi connectivity index (χ0v) is 9.78. The van der Waals surface area contributed by atoms with Crippen molar-refractivity contribution in [1.82, 2.24) is 0 Å². The molecule has 0 aliphatic carbocycles. The molecular formula is C12H17ClO2. The summed E-state index contributed by atoms with van der Waals surface area (Å²) in [6, 6.07) is 7.57. The molecule has 0 aliphatic rings.